The van der Waals surface area contributed by atoms with Gasteiger partial charge in [0.15, 0.2) is 0 Å². The van der Waals surface area contributed by atoms with Gasteiger partial charge in [0, 0.05) is 12.1 Å². The van der Waals surface area contributed by atoms with E-state index >= 15 is 0 Å². The molecule has 1 aromatic heterocycles. The molecule has 130 valence electrons. The van der Waals surface area contributed by atoms with Crippen LogP contribution < -0.4 is 4.90 Å². The molecular weight excluding hydrogens is 346 g/mol. The van der Waals surface area contributed by atoms with Gasteiger partial charge in [0.2, 0.25) is 11.8 Å². The summed E-state index contributed by atoms with van der Waals surface area (Å²) in [6, 6.07) is 11.4. The van der Waals surface area contributed by atoms with Gasteiger partial charge in [0.05, 0.1) is 16.5 Å². The van der Waals surface area contributed by atoms with Crippen LogP contribution in [0.5, 0.6) is 0 Å². The molecule has 1 aliphatic carbocycles. The highest BCUT2D eigenvalue weighted by molar-refractivity contribution is 8.00. The third kappa shape index (κ3) is 2.89. The maximum atomic E-state index is 12.8. The van der Waals surface area contributed by atoms with E-state index in [4.69, 9.17) is 0 Å². The number of hydrogen-bond donors (Lipinski definition) is 0. The number of anilines is 1. The first-order valence-electron chi connectivity index (χ1n) is 8.60. The number of carbonyl (C=O) groups excluding carboxylic acids is 2. The van der Waals surface area contributed by atoms with Crippen molar-refractivity contribution in [2.24, 2.45) is 0 Å². The van der Waals surface area contributed by atoms with Crippen LogP contribution in [0.4, 0.5) is 5.69 Å². The topological polar surface area (TPSA) is 74.1 Å². The van der Waals surface area contributed by atoms with Crippen molar-refractivity contribution in [2.45, 2.75) is 42.9 Å². The van der Waals surface area contributed by atoms with Crippen LogP contribution >= 0.6 is 11.8 Å². The second-order valence-corrected chi connectivity index (χ2v) is 7.82. The summed E-state index contributed by atoms with van der Waals surface area (Å²) in [6.45, 7) is 1.96. The number of rotatable bonds is 3. The van der Waals surface area contributed by atoms with E-state index in [1.807, 2.05) is 25.1 Å². The van der Waals surface area contributed by atoms with E-state index < -0.39 is 5.25 Å². The molecule has 5 nitrogen and oxygen atoms in total. The van der Waals surface area contributed by atoms with Crippen molar-refractivity contribution in [1.29, 1.82) is 5.26 Å². The zero-order valence-electron chi connectivity index (χ0n) is 14.4. The third-order valence-corrected chi connectivity index (χ3v) is 5.97. The van der Waals surface area contributed by atoms with Gasteiger partial charge in [0.25, 0.3) is 0 Å². The van der Waals surface area contributed by atoms with Crippen molar-refractivity contribution in [3.8, 4) is 6.07 Å². The summed E-state index contributed by atoms with van der Waals surface area (Å²) in [5.74, 6) is -0.453. The Morgan fingerprint density at radius 1 is 1.23 bits per heavy atom. The average Bonchev–Trinajstić information content (AvgIpc) is 3.19. The zero-order valence-corrected chi connectivity index (χ0v) is 15.2. The molecule has 2 aliphatic rings. The standard InChI is InChI=1S/C20H17N3O2S/c1-12-5-7-15(8-6-12)23-18(24)10-17(20(23)25)26-19-14(11-21)9-13-3-2-4-16(13)22-19/h5-9,17H,2-4,10H2,1H3. The molecule has 2 aromatic rings. The van der Waals surface area contributed by atoms with Crippen molar-refractivity contribution in [3.63, 3.8) is 0 Å². The molecule has 1 aromatic carbocycles. The molecule has 4 rings (SSSR count). The van der Waals surface area contributed by atoms with E-state index in [1.54, 1.807) is 12.1 Å². The summed E-state index contributed by atoms with van der Waals surface area (Å²) in [5, 5.41) is 9.45. The third-order valence-electron chi connectivity index (χ3n) is 4.79. The summed E-state index contributed by atoms with van der Waals surface area (Å²) in [7, 11) is 0. The van der Waals surface area contributed by atoms with Gasteiger partial charge in [-0.05, 0) is 49.9 Å². The molecular formula is C20H17N3O2S. The Bertz CT molecular complexity index is 947. The van der Waals surface area contributed by atoms with Crippen molar-refractivity contribution in [2.75, 3.05) is 4.90 Å². The first-order valence-corrected chi connectivity index (χ1v) is 9.48. The fraction of sp³-hybridized carbons (Fsp3) is 0.300. The predicted octanol–water partition coefficient (Wildman–Crippen LogP) is 3.17. The lowest BCUT2D eigenvalue weighted by Crippen LogP contribution is -2.31. The molecule has 6 heteroatoms. The summed E-state index contributed by atoms with van der Waals surface area (Å²) >= 11 is 1.24. The number of hydrogen-bond acceptors (Lipinski definition) is 5. The van der Waals surface area contributed by atoms with Crippen LogP contribution in [0.1, 0.15) is 35.2 Å². The quantitative estimate of drug-likeness (QED) is 0.783. The molecule has 1 unspecified atom stereocenters. The fourth-order valence-electron chi connectivity index (χ4n) is 3.42. The first kappa shape index (κ1) is 16.8. The minimum Gasteiger partial charge on any atom is -0.274 e. The minimum absolute atomic E-state index is 0.126. The van der Waals surface area contributed by atoms with Crippen LogP contribution in [-0.2, 0) is 22.4 Å². The number of fused-ring (bicyclic) bond motifs is 1. The Kier molecular flexibility index (Phi) is 4.25. The van der Waals surface area contributed by atoms with Crippen molar-refractivity contribution in [1.82, 2.24) is 4.98 Å². The second-order valence-electron chi connectivity index (χ2n) is 6.63. The van der Waals surface area contributed by atoms with Gasteiger partial charge in [0.1, 0.15) is 11.1 Å². The van der Waals surface area contributed by atoms with Gasteiger partial charge in [-0.25, -0.2) is 9.88 Å². The lowest BCUT2D eigenvalue weighted by molar-refractivity contribution is -0.121. The van der Waals surface area contributed by atoms with Gasteiger partial charge in [-0.1, -0.05) is 29.5 Å². The molecule has 2 amide bonds. The van der Waals surface area contributed by atoms with Crippen LogP contribution in [-0.4, -0.2) is 22.0 Å². The summed E-state index contributed by atoms with van der Waals surface area (Å²) in [6.07, 6.45) is 3.02. The van der Waals surface area contributed by atoms with Crippen molar-refractivity contribution < 1.29 is 9.59 Å². The first-order chi connectivity index (χ1) is 12.6. The molecule has 1 aliphatic heterocycles. The highest BCUT2D eigenvalue weighted by atomic mass is 32.2. The molecule has 0 saturated carbocycles. The number of benzene rings is 1. The van der Waals surface area contributed by atoms with E-state index in [9.17, 15) is 14.9 Å². The van der Waals surface area contributed by atoms with Gasteiger partial charge < -0.3 is 0 Å². The number of aromatic nitrogens is 1. The highest BCUT2D eigenvalue weighted by Crippen LogP contribution is 2.36. The molecule has 1 fully saturated rings. The van der Waals surface area contributed by atoms with Gasteiger partial charge in [-0.15, -0.1) is 0 Å². The number of imide groups is 1. The summed E-state index contributed by atoms with van der Waals surface area (Å²) < 4.78 is 0. The van der Waals surface area contributed by atoms with E-state index in [0.29, 0.717) is 16.3 Å². The van der Waals surface area contributed by atoms with Crippen LogP contribution in [0.15, 0.2) is 35.4 Å². The molecule has 2 heterocycles. The normalized spacial score (nSPS) is 18.9. The second kappa shape index (κ2) is 6.58. The Balaban J connectivity index is 1.60. The van der Waals surface area contributed by atoms with Gasteiger partial charge in [-0.3, -0.25) is 9.59 Å². The van der Waals surface area contributed by atoms with Gasteiger partial charge >= 0.3 is 0 Å². The van der Waals surface area contributed by atoms with E-state index in [-0.39, 0.29) is 18.2 Å². The largest absolute Gasteiger partial charge is 0.274 e. The molecule has 1 atom stereocenters. The molecule has 26 heavy (non-hydrogen) atoms. The molecule has 0 spiro atoms. The number of carbonyl (C=O) groups is 2. The summed E-state index contributed by atoms with van der Waals surface area (Å²) in [5.41, 5.74) is 4.29. The number of thioether (sulfide) groups is 1. The molecule has 0 N–H and O–H groups in total. The number of amides is 2. The van der Waals surface area contributed by atoms with Crippen LogP contribution in [0, 0.1) is 18.3 Å². The lowest BCUT2D eigenvalue weighted by Gasteiger charge is -2.15. The fourth-order valence-corrected chi connectivity index (χ4v) is 4.52. The average molecular weight is 363 g/mol. The van der Waals surface area contributed by atoms with E-state index in [1.165, 1.54) is 16.7 Å². The SMILES string of the molecule is Cc1ccc(N2C(=O)CC(Sc3nc4c(cc3C#N)CCC4)C2=O)cc1. The van der Waals surface area contributed by atoms with Crippen molar-refractivity contribution in [3.05, 3.63) is 52.7 Å². The number of nitrogens with zero attached hydrogens (tertiary/aromatic N) is 3. The Hall–Kier alpha value is -2.65. The monoisotopic (exact) mass is 363 g/mol. The maximum Gasteiger partial charge on any atom is 0.247 e. The van der Waals surface area contributed by atoms with Crippen LogP contribution in [0.2, 0.25) is 0 Å². The van der Waals surface area contributed by atoms with Crippen LogP contribution in [0.3, 0.4) is 0 Å². The Morgan fingerprint density at radius 3 is 2.73 bits per heavy atom. The van der Waals surface area contributed by atoms with Crippen molar-refractivity contribution >= 4 is 29.3 Å². The van der Waals surface area contributed by atoms with Gasteiger partial charge in [-0.2, -0.15) is 5.26 Å². The minimum atomic E-state index is -0.539. The maximum absolute atomic E-state index is 12.8. The Morgan fingerprint density at radius 2 is 2.00 bits per heavy atom. The van der Waals surface area contributed by atoms with Crippen LogP contribution in [0.25, 0.3) is 0 Å². The lowest BCUT2D eigenvalue weighted by atomic mass is 10.2. The molecule has 1 saturated heterocycles. The smallest absolute Gasteiger partial charge is 0.247 e. The predicted molar refractivity (Wildman–Crippen MR) is 98.9 cm³/mol. The van der Waals surface area contributed by atoms with E-state index in [2.05, 4.69) is 11.1 Å². The zero-order chi connectivity index (χ0) is 18.3. The molecule has 0 radical (unpaired) electrons. The summed E-state index contributed by atoms with van der Waals surface area (Å²) in [4.78, 5) is 31.1. The number of aryl methyl sites for hydroxylation is 3. The highest BCUT2D eigenvalue weighted by Gasteiger charge is 2.40. The molecule has 0 bridgehead atoms. The Labute approximate surface area is 156 Å². The number of nitriles is 1. The number of pyridine rings is 1. The van der Waals surface area contributed by atoms with E-state index in [0.717, 1.165) is 36.1 Å².